The van der Waals surface area contributed by atoms with Crippen LogP contribution in [0.2, 0.25) is 0 Å². The first-order chi connectivity index (χ1) is 12.2. The number of hydrogen-bond acceptors (Lipinski definition) is 7. The molecule has 8 nitrogen and oxygen atoms in total. The van der Waals surface area contributed by atoms with Crippen LogP contribution < -0.4 is 0 Å². The first-order valence-electron chi connectivity index (χ1n) is 7.34. The molecule has 0 bridgehead atoms. The Hall–Kier alpha value is -3.07. The molecule has 0 saturated carbocycles. The highest BCUT2D eigenvalue weighted by Crippen LogP contribution is 2.26. The van der Waals surface area contributed by atoms with Crippen molar-refractivity contribution < 1.29 is 9.63 Å². The molecule has 0 fully saturated rings. The van der Waals surface area contributed by atoms with E-state index in [1.807, 2.05) is 24.3 Å². The standard InChI is InChI=1S/C16H11BrN6O2/c17-11-7-5-10(6-8-11)15-19-22-23(20-15)9-14-18-16(25-21-14)12-3-1-2-4-13(12)24/h1-8,24H,9H2. The van der Waals surface area contributed by atoms with Crippen molar-refractivity contribution in [2.45, 2.75) is 6.54 Å². The van der Waals surface area contributed by atoms with Crippen LogP contribution in [0.1, 0.15) is 5.82 Å². The number of aromatic nitrogens is 6. The van der Waals surface area contributed by atoms with E-state index >= 15 is 0 Å². The van der Waals surface area contributed by atoms with Crippen LogP contribution >= 0.6 is 15.9 Å². The molecule has 0 aliphatic carbocycles. The summed E-state index contributed by atoms with van der Waals surface area (Å²) >= 11 is 3.39. The molecule has 4 aromatic rings. The van der Waals surface area contributed by atoms with Crippen molar-refractivity contribution in [1.29, 1.82) is 0 Å². The Balaban J connectivity index is 1.54. The summed E-state index contributed by atoms with van der Waals surface area (Å²) in [5, 5.41) is 26.1. The number of phenols is 1. The topological polar surface area (TPSA) is 103 Å². The fourth-order valence-electron chi connectivity index (χ4n) is 2.23. The van der Waals surface area contributed by atoms with Crippen LogP contribution in [-0.2, 0) is 6.54 Å². The maximum Gasteiger partial charge on any atom is 0.261 e. The van der Waals surface area contributed by atoms with Gasteiger partial charge < -0.3 is 9.63 Å². The zero-order valence-corrected chi connectivity index (χ0v) is 14.3. The Labute approximate surface area is 150 Å². The van der Waals surface area contributed by atoms with Crippen molar-refractivity contribution in [1.82, 2.24) is 30.3 Å². The third-order valence-corrected chi connectivity index (χ3v) is 3.97. The largest absolute Gasteiger partial charge is 0.507 e. The number of para-hydroxylation sites is 1. The molecule has 4 rings (SSSR count). The lowest BCUT2D eigenvalue weighted by molar-refractivity contribution is 0.411. The molecule has 1 N–H and O–H groups in total. The number of halogens is 1. The van der Waals surface area contributed by atoms with Crippen molar-refractivity contribution in [3.05, 3.63) is 58.8 Å². The first kappa shape index (κ1) is 15.5. The van der Waals surface area contributed by atoms with E-state index in [1.165, 1.54) is 4.80 Å². The summed E-state index contributed by atoms with van der Waals surface area (Å²) in [5.41, 5.74) is 1.33. The van der Waals surface area contributed by atoms with Crippen molar-refractivity contribution >= 4 is 15.9 Å². The molecule has 0 aliphatic rings. The average Bonchev–Trinajstić information content (AvgIpc) is 3.26. The SMILES string of the molecule is Oc1ccccc1-c1nc(Cn2nnc(-c3ccc(Br)cc3)n2)no1. The summed E-state index contributed by atoms with van der Waals surface area (Å²) in [5.74, 6) is 1.21. The molecule has 0 amide bonds. The fraction of sp³-hybridized carbons (Fsp3) is 0.0625. The van der Waals surface area contributed by atoms with Crippen molar-refractivity contribution in [2.75, 3.05) is 0 Å². The van der Waals surface area contributed by atoms with Gasteiger partial charge in [-0.25, -0.2) is 0 Å². The maximum absolute atomic E-state index is 9.84. The Morgan fingerprint density at radius 2 is 1.88 bits per heavy atom. The first-order valence-corrected chi connectivity index (χ1v) is 8.13. The van der Waals surface area contributed by atoms with E-state index in [2.05, 4.69) is 41.5 Å². The van der Waals surface area contributed by atoms with E-state index in [-0.39, 0.29) is 18.2 Å². The smallest absolute Gasteiger partial charge is 0.261 e. The lowest BCUT2D eigenvalue weighted by atomic mass is 10.2. The number of phenolic OH excluding ortho intramolecular Hbond substituents is 1. The van der Waals surface area contributed by atoms with E-state index in [1.54, 1.807) is 24.3 Å². The minimum absolute atomic E-state index is 0.0779. The second kappa shape index (κ2) is 6.44. The second-order valence-corrected chi connectivity index (χ2v) is 6.10. The van der Waals surface area contributed by atoms with Gasteiger partial charge >= 0.3 is 0 Å². The highest BCUT2D eigenvalue weighted by Gasteiger charge is 2.14. The lowest BCUT2D eigenvalue weighted by Crippen LogP contribution is -2.05. The molecule has 0 spiro atoms. The van der Waals surface area contributed by atoms with Gasteiger partial charge in [0.2, 0.25) is 5.82 Å². The predicted octanol–water partition coefficient (Wildman–Crippen LogP) is 2.91. The minimum Gasteiger partial charge on any atom is -0.507 e. The highest BCUT2D eigenvalue weighted by atomic mass is 79.9. The number of nitrogens with zero attached hydrogens (tertiary/aromatic N) is 6. The summed E-state index contributed by atoms with van der Waals surface area (Å²) in [6.07, 6.45) is 0. The molecule has 0 saturated heterocycles. The molecule has 25 heavy (non-hydrogen) atoms. The van der Waals surface area contributed by atoms with Gasteiger partial charge in [0, 0.05) is 10.0 Å². The summed E-state index contributed by atoms with van der Waals surface area (Å²) < 4.78 is 6.17. The molecule has 2 aromatic heterocycles. The summed E-state index contributed by atoms with van der Waals surface area (Å²) in [6, 6.07) is 14.4. The van der Waals surface area contributed by atoms with E-state index in [9.17, 15) is 5.11 Å². The minimum atomic E-state index is 0.0779. The highest BCUT2D eigenvalue weighted by molar-refractivity contribution is 9.10. The molecule has 0 radical (unpaired) electrons. The van der Waals surface area contributed by atoms with Gasteiger partial charge in [-0.3, -0.25) is 0 Å². The quantitative estimate of drug-likeness (QED) is 0.563. The third-order valence-electron chi connectivity index (χ3n) is 3.44. The summed E-state index contributed by atoms with van der Waals surface area (Å²) in [7, 11) is 0. The molecular weight excluding hydrogens is 388 g/mol. The Morgan fingerprint density at radius 1 is 1.08 bits per heavy atom. The van der Waals surface area contributed by atoms with Gasteiger partial charge in [-0.15, -0.1) is 10.2 Å². The van der Waals surface area contributed by atoms with Gasteiger partial charge in [-0.1, -0.05) is 33.2 Å². The van der Waals surface area contributed by atoms with Crippen LogP contribution in [0.4, 0.5) is 0 Å². The number of benzene rings is 2. The van der Waals surface area contributed by atoms with Crippen LogP contribution in [0.25, 0.3) is 22.8 Å². The fourth-order valence-corrected chi connectivity index (χ4v) is 2.50. The van der Waals surface area contributed by atoms with E-state index < -0.39 is 0 Å². The monoisotopic (exact) mass is 398 g/mol. The number of rotatable bonds is 4. The summed E-state index contributed by atoms with van der Waals surface area (Å²) in [6.45, 7) is 0.209. The zero-order chi connectivity index (χ0) is 17.2. The third kappa shape index (κ3) is 3.26. The normalized spacial score (nSPS) is 10.9. The van der Waals surface area contributed by atoms with E-state index in [4.69, 9.17) is 4.52 Å². The molecule has 2 heterocycles. The molecular formula is C16H11BrN6O2. The zero-order valence-electron chi connectivity index (χ0n) is 12.7. The van der Waals surface area contributed by atoms with Crippen molar-refractivity contribution in [3.8, 4) is 28.6 Å². The number of aromatic hydroxyl groups is 1. The van der Waals surface area contributed by atoms with Crippen LogP contribution in [0.3, 0.4) is 0 Å². The predicted molar refractivity (Wildman–Crippen MR) is 91.5 cm³/mol. The molecule has 0 atom stereocenters. The van der Waals surface area contributed by atoms with Crippen molar-refractivity contribution in [2.24, 2.45) is 0 Å². The molecule has 0 aliphatic heterocycles. The number of tetrazole rings is 1. The van der Waals surface area contributed by atoms with E-state index in [0.717, 1.165) is 10.0 Å². The summed E-state index contributed by atoms with van der Waals surface area (Å²) in [4.78, 5) is 5.64. The van der Waals surface area contributed by atoms with Gasteiger partial charge in [0.15, 0.2) is 5.82 Å². The van der Waals surface area contributed by atoms with Gasteiger partial charge in [-0.2, -0.15) is 9.78 Å². The Morgan fingerprint density at radius 3 is 2.68 bits per heavy atom. The average molecular weight is 399 g/mol. The second-order valence-electron chi connectivity index (χ2n) is 5.18. The van der Waals surface area contributed by atoms with Crippen LogP contribution in [0, 0.1) is 0 Å². The number of hydrogen-bond donors (Lipinski definition) is 1. The van der Waals surface area contributed by atoms with Gasteiger partial charge in [0.1, 0.15) is 12.3 Å². The van der Waals surface area contributed by atoms with Gasteiger partial charge in [-0.05, 0) is 41.6 Å². The molecule has 0 unspecified atom stereocenters. The van der Waals surface area contributed by atoms with Gasteiger partial charge in [0.05, 0.1) is 5.56 Å². The van der Waals surface area contributed by atoms with Crippen LogP contribution in [0.15, 0.2) is 57.5 Å². The Kier molecular flexibility index (Phi) is 3.98. The molecule has 124 valence electrons. The van der Waals surface area contributed by atoms with E-state index in [0.29, 0.717) is 17.2 Å². The Bertz CT molecular complexity index is 1010. The maximum atomic E-state index is 9.84. The van der Waals surface area contributed by atoms with Crippen molar-refractivity contribution in [3.63, 3.8) is 0 Å². The molecule has 2 aromatic carbocycles. The molecule has 9 heteroatoms. The lowest BCUT2D eigenvalue weighted by Gasteiger charge is -1.96. The van der Waals surface area contributed by atoms with Crippen LogP contribution in [-0.4, -0.2) is 35.5 Å². The van der Waals surface area contributed by atoms with Crippen LogP contribution in [0.5, 0.6) is 5.75 Å². The van der Waals surface area contributed by atoms with Gasteiger partial charge in [0.25, 0.3) is 5.89 Å².